The molecule has 0 amide bonds. The Morgan fingerprint density at radius 3 is 2.75 bits per heavy atom. The molecule has 1 aromatic rings. The zero-order valence-corrected chi connectivity index (χ0v) is 13.0. The van der Waals surface area contributed by atoms with Crippen LogP contribution < -0.4 is 11.1 Å². The molecule has 0 fully saturated rings. The lowest BCUT2D eigenvalue weighted by atomic mass is 9.86. The van der Waals surface area contributed by atoms with Crippen LogP contribution in [0.4, 0.5) is 0 Å². The van der Waals surface area contributed by atoms with Crippen LogP contribution in [0.5, 0.6) is 0 Å². The van der Waals surface area contributed by atoms with Gasteiger partial charge in [-0.25, -0.2) is 0 Å². The van der Waals surface area contributed by atoms with Gasteiger partial charge < -0.3 is 16.3 Å². The predicted octanol–water partition coefficient (Wildman–Crippen LogP) is 1.76. The average molecular weight is 281 g/mol. The van der Waals surface area contributed by atoms with Crippen LogP contribution in [0.15, 0.2) is 11.4 Å². The maximum atomic E-state index is 8.71. The van der Waals surface area contributed by atoms with Crippen molar-refractivity contribution in [2.75, 3.05) is 6.54 Å². The molecule has 114 valence electrons. The van der Waals surface area contributed by atoms with E-state index < -0.39 is 0 Å². The Balaban J connectivity index is 2.18. The Morgan fingerprint density at radius 2 is 2.20 bits per heavy atom. The van der Waals surface area contributed by atoms with Crippen molar-refractivity contribution < 1.29 is 5.21 Å². The first-order chi connectivity index (χ1) is 9.36. The molecule has 0 bridgehead atoms. The topological polar surface area (TPSA) is 88.5 Å². The van der Waals surface area contributed by atoms with E-state index in [0.29, 0.717) is 5.84 Å². The van der Waals surface area contributed by atoms with E-state index in [1.807, 2.05) is 38.7 Å². The molecule has 0 aliphatic rings. The average Bonchev–Trinajstić information content (AvgIpc) is 2.71. The van der Waals surface area contributed by atoms with Gasteiger partial charge in [-0.05, 0) is 26.3 Å². The number of aryl methyl sites for hydroxylation is 2. The van der Waals surface area contributed by atoms with Gasteiger partial charge in [-0.3, -0.25) is 4.68 Å². The molecule has 4 N–H and O–H groups in total. The Hall–Kier alpha value is -1.56. The molecule has 1 rings (SSSR count). The maximum Gasteiger partial charge on any atom is 0.144 e. The summed E-state index contributed by atoms with van der Waals surface area (Å²) in [5, 5.41) is 19.5. The standard InChI is InChI=1S/C14H27N5O/c1-11-12(10-19(4)17-11)9-16-8-6-5-7-14(2,3)13(15)18-20/h10,16,20H,5-9H2,1-4H3,(H2,15,18). The van der Waals surface area contributed by atoms with Gasteiger partial charge in [0.15, 0.2) is 0 Å². The van der Waals surface area contributed by atoms with Gasteiger partial charge >= 0.3 is 0 Å². The number of unbranched alkanes of at least 4 members (excludes halogenated alkanes) is 1. The molecule has 20 heavy (non-hydrogen) atoms. The summed E-state index contributed by atoms with van der Waals surface area (Å²) in [7, 11) is 1.94. The molecular formula is C14H27N5O. The summed E-state index contributed by atoms with van der Waals surface area (Å²) in [4.78, 5) is 0. The predicted molar refractivity (Wildman–Crippen MR) is 80.7 cm³/mol. The lowest BCUT2D eigenvalue weighted by Crippen LogP contribution is -2.32. The van der Waals surface area contributed by atoms with E-state index in [4.69, 9.17) is 10.9 Å². The molecule has 0 saturated heterocycles. The fraction of sp³-hybridized carbons (Fsp3) is 0.714. The van der Waals surface area contributed by atoms with Crippen molar-refractivity contribution in [3.8, 4) is 0 Å². The number of hydrogen-bond acceptors (Lipinski definition) is 4. The van der Waals surface area contributed by atoms with Crippen LogP contribution in [0.2, 0.25) is 0 Å². The molecule has 6 heteroatoms. The Kier molecular flexibility index (Phi) is 6.01. The minimum atomic E-state index is -0.241. The van der Waals surface area contributed by atoms with E-state index in [-0.39, 0.29) is 5.41 Å². The summed E-state index contributed by atoms with van der Waals surface area (Å²) < 4.78 is 1.84. The number of nitrogens with zero attached hydrogens (tertiary/aromatic N) is 3. The number of rotatable bonds is 8. The summed E-state index contributed by atoms with van der Waals surface area (Å²) in [5.74, 6) is 0.302. The highest BCUT2D eigenvalue weighted by Crippen LogP contribution is 2.23. The normalized spacial score (nSPS) is 12.9. The van der Waals surface area contributed by atoms with Crippen molar-refractivity contribution in [2.45, 2.75) is 46.6 Å². The number of nitrogens with one attached hydrogen (secondary N) is 1. The third-order valence-corrected chi connectivity index (χ3v) is 3.64. The highest BCUT2D eigenvalue weighted by atomic mass is 16.4. The van der Waals surface area contributed by atoms with Gasteiger partial charge in [0.05, 0.1) is 5.69 Å². The highest BCUT2D eigenvalue weighted by Gasteiger charge is 2.22. The van der Waals surface area contributed by atoms with Crippen LogP contribution in [0.1, 0.15) is 44.4 Å². The number of amidine groups is 1. The van der Waals surface area contributed by atoms with E-state index in [2.05, 4.69) is 15.6 Å². The Morgan fingerprint density at radius 1 is 1.50 bits per heavy atom. The molecule has 0 unspecified atom stereocenters. The molecule has 0 atom stereocenters. The molecule has 0 aliphatic heterocycles. The quantitative estimate of drug-likeness (QED) is 0.223. The van der Waals surface area contributed by atoms with E-state index in [1.54, 1.807) is 0 Å². The largest absolute Gasteiger partial charge is 0.409 e. The summed E-state index contributed by atoms with van der Waals surface area (Å²) in [6, 6.07) is 0. The molecule has 0 spiro atoms. The zero-order chi connectivity index (χ0) is 15.2. The van der Waals surface area contributed by atoms with Crippen LogP contribution in [-0.4, -0.2) is 27.4 Å². The van der Waals surface area contributed by atoms with Crippen LogP contribution in [0, 0.1) is 12.3 Å². The van der Waals surface area contributed by atoms with E-state index in [0.717, 1.165) is 38.0 Å². The third kappa shape index (κ3) is 4.85. The number of oxime groups is 1. The van der Waals surface area contributed by atoms with Crippen molar-refractivity contribution in [3.63, 3.8) is 0 Å². The molecule has 1 aromatic heterocycles. The SMILES string of the molecule is Cc1nn(C)cc1CNCCCCC(C)(C)/C(N)=N/O. The van der Waals surface area contributed by atoms with Gasteiger partial charge in [0.25, 0.3) is 0 Å². The van der Waals surface area contributed by atoms with Gasteiger partial charge in [0.1, 0.15) is 5.84 Å². The zero-order valence-electron chi connectivity index (χ0n) is 13.0. The summed E-state index contributed by atoms with van der Waals surface area (Å²) in [5.41, 5.74) is 7.74. The minimum Gasteiger partial charge on any atom is -0.409 e. The first-order valence-corrected chi connectivity index (χ1v) is 7.04. The van der Waals surface area contributed by atoms with Crippen molar-refractivity contribution in [1.29, 1.82) is 0 Å². The lowest BCUT2D eigenvalue weighted by Gasteiger charge is -2.22. The monoisotopic (exact) mass is 281 g/mol. The van der Waals surface area contributed by atoms with Crippen LogP contribution in [-0.2, 0) is 13.6 Å². The van der Waals surface area contributed by atoms with E-state index in [9.17, 15) is 0 Å². The van der Waals surface area contributed by atoms with Crippen LogP contribution in [0.3, 0.4) is 0 Å². The fourth-order valence-corrected chi connectivity index (χ4v) is 2.13. The van der Waals surface area contributed by atoms with Crippen LogP contribution >= 0.6 is 0 Å². The number of hydrogen-bond donors (Lipinski definition) is 3. The summed E-state index contributed by atoms with van der Waals surface area (Å²) in [6.07, 6.45) is 5.07. The van der Waals surface area contributed by atoms with Crippen molar-refractivity contribution in [1.82, 2.24) is 15.1 Å². The smallest absolute Gasteiger partial charge is 0.144 e. The van der Waals surface area contributed by atoms with Gasteiger partial charge in [0.2, 0.25) is 0 Å². The molecule has 0 aliphatic carbocycles. The van der Waals surface area contributed by atoms with Crippen molar-refractivity contribution >= 4 is 5.84 Å². The van der Waals surface area contributed by atoms with E-state index in [1.165, 1.54) is 5.56 Å². The van der Waals surface area contributed by atoms with E-state index >= 15 is 0 Å². The molecule has 6 nitrogen and oxygen atoms in total. The number of aromatic nitrogens is 2. The second-order valence-electron chi connectivity index (χ2n) is 5.92. The number of nitrogens with two attached hydrogens (primary N) is 1. The van der Waals surface area contributed by atoms with Gasteiger partial charge in [0, 0.05) is 30.8 Å². The molecule has 0 radical (unpaired) electrons. The summed E-state index contributed by atoms with van der Waals surface area (Å²) >= 11 is 0. The molecule has 0 aromatic carbocycles. The van der Waals surface area contributed by atoms with Crippen LogP contribution in [0.25, 0.3) is 0 Å². The highest BCUT2D eigenvalue weighted by molar-refractivity contribution is 5.85. The van der Waals surface area contributed by atoms with Gasteiger partial charge in [-0.1, -0.05) is 25.4 Å². The third-order valence-electron chi connectivity index (χ3n) is 3.64. The first kappa shape index (κ1) is 16.5. The Labute approximate surface area is 121 Å². The minimum absolute atomic E-state index is 0.241. The summed E-state index contributed by atoms with van der Waals surface area (Å²) in [6.45, 7) is 7.82. The van der Waals surface area contributed by atoms with Gasteiger partial charge in [-0.15, -0.1) is 0 Å². The van der Waals surface area contributed by atoms with Gasteiger partial charge in [-0.2, -0.15) is 5.10 Å². The molecule has 0 saturated carbocycles. The maximum absolute atomic E-state index is 8.71. The second-order valence-corrected chi connectivity index (χ2v) is 5.92. The second kappa shape index (κ2) is 7.28. The lowest BCUT2D eigenvalue weighted by molar-refractivity contribution is 0.304. The van der Waals surface area contributed by atoms with Crippen molar-refractivity contribution in [2.24, 2.45) is 23.4 Å². The first-order valence-electron chi connectivity index (χ1n) is 7.04. The molecule has 1 heterocycles. The molecular weight excluding hydrogens is 254 g/mol. The fourth-order valence-electron chi connectivity index (χ4n) is 2.13. The Bertz CT molecular complexity index is 450. The van der Waals surface area contributed by atoms with Crippen molar-refractivity contribution in [3.05, 3.63) is 17.5 Å².